The normalized spacial score (nSPS) is 21.3. The summed E-state index contributed by atoms with van der Waals surface area (Å²) in [5.74, 6) is -1.00. The van der Waals surface area contributed by atoms with Crippen LogP contribution in [0.4, 0.5) is 0 Å². The second-order valence-electron chi connectivity index (χ2n) is 10.1. The molecule has 0 aliphatic carbocycles. The number of rotatable bonds is 6. The summed E-state index contributed by atoms with van der Waals surface area (Å²) < 4.78 is 6.78. The van der Waals surface area contributed by atoms with Gasteiger partial charge in [-0.1, -0.05) is 19.1 Å². The number of aryl methyl sites for hydroxylation is 1. The molecule has 3 aliphatic rings. The highest BCUT2D eigenvalue weighted by molar-refractivity contribution is 6.21. The first kappa shape index (κ1) is 24.4. The Balaban J connectivity index is 1.25. The van der Waals surface area contributed by atoms with Crippen molar-refractivity contribution in [3.63, 3.8) is 0 Å². The van der Waals surface area contributed by atoms with Crippen molar-refractivity contribution in [3.8, 4) is 0 Å². The van der Waals surface area contributed by atoms with Gasteiger partial charge in [0, 0.05) is 10.9 Å². The SMILES string of the molecule is CCc1nn(C[C@@H](O)CN2C(=O)c3ccccc3C2=O)c(=O)c2ccc(C(=O)N3C4CCC3COC4)cc12. The van der Waals surface area contributed by atoms with E-state index in [9.17, 15) is 24.3 Å². The summed E-state index contributed by atoms with van der Waals surface area (Å²) in [5.41, 5.74) is 1.32. The Labute approximate surface area is 218 Å². The lowest BCUT2D eigenvalue weighted by Gasteiger charge is -2.34. The lowest BCUT2D eigenvalue weighted by molar-refractivity contribution is -0.00715. The Bertz CT molecular complexity index is 1480. The molecule has 4 heterocycles. The molecular formula is C28H28N4O6. The number of fused-ring (bicyclic) bond motifs is 4. The van der Waals surface area contributed by atoms with Gasteiger partial charge in [-0.2, -0.15) is 5.10 Å². The number of β-amino-alcohol motifs (C(OH)–C–C–N with tert-alkyl or cyclic N) is 1. The van der Waals surface area contributed by atoms with Crippen molar-refractivity contribution < 1.29 is 24.2 Å². The Hall–Kier alpha value is -3.89. The van der Waals surface area contributed by atoms with Crippen molar-refractivity contribution in [2.45, 2.75) is 50.9 Å². The van der Waals surface area contributed by atoms with Crippen LogP contribution in [0.5, 0.6) is 0 Å². The van der Waals surface area contributed by atoms with Crippen LogP contribution in [-0.4, -0.2) is 80.4 Å². The molecule has 2 unspecified atom stereocenters. The van der Waals surface area contributed by atoms with E-state index in [-0.39, 0.29) is 31.1 Å². The molecule has 2 aromatic carbocycles. The molecule has 6 rings (SSSR count). The summed E-state index contributed by atoms with van der Waals surface area (Å²) in [6.07, 6.45) is 1.17. The van der Waals surface area contributed by atoms with E-state index in [0.717, 1.165) is 17.7 Å². The summed E-state index contributed by atoms with van der Waals surface area (Å²) in [6.45, 7) is 2.56. The molecule has 3 atom stereocenters. The van der Waals surface area contributed by atoms with E-state index in [1.54, 1.807) is 42.5 Å². The number of carbonyl (C=O) groups excluding carboxylic acids is 3. The molecule has 0 spiro atoms. The van der Waals surface area contributed by atoms with Gasteiger partial charge in [-0.05, 0) is 49.6 Å². The van der Waals surface area contributed by atoms with Gasteiger partial charge in [0.15, 0.2) is 0 Å². The first-order chi connectivity index (χ1) is 18.4. The fourth-order valence-electron chi connectivity index (χ4n) is 5.85. The average molecular weight is 517 g/mol. The first-order valence-electron chi connectivity index (χ1n) is 12.9. The number of benzene rings is 2. The maximum absolute atomic E-state index is 13.4. The molecule has 38 heavy (non-hydrogen) atoms. The van der Waals surface area contributed by atoms with E-state index in [1.807, 2.05) is 11.8 Å². The van der Waals surface area contributed by atoms with Crippen molar-refractivity contribution in [1.82, 2.24) is 19.6 Å². The molecule has 10 heteroatoms. The lowest BCUT2D eigenvalue weighted by Crippen LogP contribution is -2.49. The van der Waals surface area contributed by atoms with Crippen molar-refractivity contribution in [2.75, 3.05) is 19.8 Å². The third-order valence-electron chi connectivity index (χ3n) is 7.75. The van der Waals surface area contributed by atoms with Crippen LogP contribution in [0.15, 0.2) is 47.3 Å². The second kappa shape index (κ2) is 9.45. The largest absolute Gasteiger partial charge is 0.389 e. The monoisotopic (exact) mass is 516 g/mol. The number of imide groups is 1. The zero-order valence-electron chi connectivity index (χ0n) is 21.0. The van der Waals surface area contributed by atoms with Crippen LogP contribution in [0, 0.1) is 0 Å². The van der Waals surface area contributed by atoms with Crippen molar-refractivity contribution in [2.24, 2.45) is 0 Å². The maximum Gasteiger partial charge on any atom is 0.274 e. The molecule has 3 aromatic rings. The Morgan fingerprint density at radius 3 is 2.29 bits per heavy atom. The molecule has 2 fully saturated rings. The van der Waals surface area contributed by atoms with Crippen molar-refractivity contribution in [1.29, 1.82) is 0 Å². The number of aliphatic hydroxyl groups is 1. The minimum atomic E-state index is -1.19. The summed E-state index contributed by atoms with van der Waals surface area (Å²) in [5, 5.41) is 16.2. The van der Waals surface area contributed by atoms with Crippen LogP contribution in [-0.2, 0) is 17.7 Å². The van der Waals surface area contributed by atoms with Crippen molar-refractivity contribution >= 4 is 28.5 Å². The van der Waals surface area contributed by atoms with E-state index in [0.29, 0.717) is 52.8 Å². The minimum Gasteiger partial charge on any atom is -0.389 e. The molecule has 2 saturated heterocycles. The number of ether oxygens (including phenoxy) is 1. The van der Waals surface area contributed by atoms with Gasteiger partial charge in [0.1, 0.15) is 0 Å². The van der Waals surface area contributed by atoms with E-state index in [4.69, 9.17) is 4.74 Å². The van der Waals surface area contributed by atoms with Crippen LogP contribution in [0.3, 0.4) is 0 Å². The summed E-state index contributed by atoms with van der Waals surface area (Å²) >= 11 is 0. The average Bonchev–Trinajstić information content (AvgIpc) is 3.32. The summed E-state index contributed by atoms with van der Waals surface area (Å²) in [4.78, 5) is 54.9. The van der Waals surface area contributed by atoms with Gasteiger partial charge in [0.2, 0.25) is 0 Å². The maximum atomic E-state index is 13.4. The fraction of sp³-hybridized carbons (Fsp3) is 0.393. The third kappa shape index (κ3) is 3.91. The number of hydrogen-bond donors (Lipinski definition) is 1. The molecule has 0 radical (unpaired) electrons. The van der Waals surface area contributed by atoms with Crippen LogP contribution in [0.1, 0.15) is 56.5 Å². The predicted octanol–water partition coefficient (Wildman–Crippen LogP) is 1.62. The second-order valence-corrected chi connectivity index (χ2v) is 10.1. The smallest absolute Gasteiger partial charge is 0.274 e. The Kier molecular flexibility index (Phi) is 6.08. The Morgan fingerprint density at radius 2 is 1.66 bits per heavy atom. The molecule has 1 aromatic heterocycles. The van der Waals surface area contributed by atoms with Gasteiger partial charge >= 0.3 is 0 Å². The van der Waals surface area contributed by atoms with E-state index in [2.05, 4.69) is 5.10 Å². The van der Waals surface area contributed by atoms with Gasteiger partial charge < -0.3 is 14.7 Å². The molecule has 10 nitrogen and oxygen atoms in total. The van der Waals surface area contributed by atoms with Gasteiger partial charge in [0.25, 0.3) is 23.3 Å². The van der Waals surface area contributed by atoms with Crippen LogP contribution < -0.4 is 5.56 Å². The van der Waals surface area contributed by atoms with Crippen molar-refractivity contribution in [3.05, 3.63) is 75.2 Å². The number of carbonyl (C=O) groups is 3. The number of nitrogens with zero attached hydrogens (tertiary/aromatic N) is 4. The van der Waals surface area contributed by atoms with Gasteiger partial charge in [-0.25, -0.2) is 4.68 Å². The number of amides is 3. The summed E-state index contributed by atoms with van der Waals surface area (Å²) in [6, 6.07) is 11.7. The van der Waals surface area contributed by atoms with E-state index >= 15 is 0 Å². The van der Waals surface area contributed by atoms with Crippen LogP contribution in [0.2, 0.25) is 0 Å². The topological polar surface area (TPSA) is 122 Å². The zero-order chi connectivity index (χ0) is 26.6. The molecule has 2 bridgehead atoms. The molecule has 196 valence electrons. The van der Waals surface area contributed by atoms with Gasteiger partial charge in [-0.3, -0.25) is 24.1 Å². The fourth-order valence-corrected chi connectivity index (χ4v) is 5.85. The zero-order valence-corrected chi connectivity index (χ0v) is 21.0. The molecule has 0 saturated carbocycles. The quantitative estimate of drug-likeness (QED) is 0.494. The van der Waals surface area contributed by atoms with Gasteiger partial charge in [-0.15, -0.1) is 0 Å². The third-order valence-corrected chi connectivity index (χ3v) is 7.75. The van der Waals surface area contributed by atoms with E-state index < -0.39 is 23.5 Å². The lowest BCUT2D eigenvalue weighted by atomic mass is 10.0. The van der Waals surface area contributed by atoms with Crippen LogP contribution >= 0.6 is 0 Å². The standard InChI is InChI=1S/C28H28N4O6/c1-2-24-23-11-16(25(34)32-17-8-9-18(32)15-38-14-17)7-10-22(23)28(37)31(29-24)13-19(33)12-30-26(35)20-5-3-4-6-21(20)27(30)36/h3-7,10-11,17-19,33H,2,8-9,12-15H2,1H3/t17?,18?,19-/m0/s1. The van der Waals surface area contributed by atoms with Crippen LogP contribution in [0.25, 0.3) is 10.8 Å². The highest BCUT2D eigenvalue weighted by atomic mass is 16.5. The highest BCUT2D eigenvalue weighted by Gasteiger charge is 2.41. The molecular weight excluding hydrogens is 488 g/mol. The molecule has 1 N–H and O–H groups in total. The minimum absolute atomic E-state index is 0.0645. The number of morpholine rings is 1. The van der Waals surface area contributed by atoms with E-state index in [1.165, 1.54) is 4.68 Å². The molecule has 3 aliphatic heterocycles. The predicted molar refractivity (Wildman–Crippen MR) is 137 cm³/mol. The summed E-state index contributed by atoms with van der Waals surface area (Å²) in [7, 11) is 0. The highest BCUT2D eigenvalue weighted by Crippen LogP contribution is 2.31. The Morgan fingerprint density at radius 1 is 1.00 bits per heavy atom. The van der Waals surface area contributed by atoms with Gasteiger partial charge in [0.05, 0.1) is 66.7 Å². The number of hydrogen-bond acceptors (Lipinski definition) is 7. The molecule has 3 amide bonds. The first-order valence-corrected chi connectivity index (χ1v) is 12.9. The number of aromatic nitrogens is 2. The number of aliphatic hydroxyl groups excluding tert-OH is 1.